The SMILES string of the molecule is COOC(=O)C[C@H](NC(=O)[C@H](CC(C)C)NC(=O)[C@H](C)NC(=O)[C@@H]1CSCc2cc(CSC)cc(c2)OCCCCCCO/N=C/C(=O)N[C@@H](CCCCN)C(=O)N1)C(=O)N[C@H](C(=O)N1CCC[C@H]1C(=O)N[C@@H](Cc1ccc(O)cc1)C(=O)N[C@@H](CCC(=O)O)C(=O)N[C@@H](C)C(N)=O)[C@@H](C)O. The molecule has 0 aromatic heterocycles. The number of primary amides is 1. The number of carboxylic acid groups (broad SMARTS) is 1. The molecule has 2 bridgehead atoms. The highest BCUT2D eigenvalue weighted by Crippen LogP contribution is 2.26. The first-order valence-corrected chi connectivity index (χ1v) is 36.0. The van der Waals surface area contributed by atoms with E-state index in [0.717, 1.165) is 55.5 Å². The lowest BCUT2D eigenvalue weighted by Crippen LogP contribution is -2.62. The number of nitrogens with one attached hydrogen (secondary N) is 9. The highest BCUT2D eigenvalue weighted by Gasteiger charge is 2.42. The first-order chi connectivity index (χ1) is 48.0. The van der Waals surface area contributed by atoms with Gasteiger partial charge in [-0.05, 0) is 151 Å². The molecule has 16 N–H and O–H groups in total. The van der Waals surface area contributed by atoms with Gasteiger partial charge in [0.1, 0.15) is 84.7 Å². The molecule has 4 rings (SSSR count). The van der Waals surface area contributed by atoms with Gasteiger partial charge in [-0.25, -0.2) is 4.79 Å². The summed E-state index contributed by atoms with van der Waals surface area (Å²) in [6.07, 6.45) is 3.19. The zero-order valence-corrected chi connectivity index (χ0v) is 59.7. The van der Waals surface area contributed by atoms with Crippen LogP contribution in [0.15, 0.2) is 47.6 Å². The van der Waals surface area contributed by atoms with Crippen molar-refractivity contribution in [3.05, 3.63) is 59.2 Å². The second-order valence-electron chi connectivity index (χ2n) is 25.0. The van der Waals surface area contributed by atoms with Gasteiger partial charge in [-0.3, -0.25) is 62.4 Å². The highest BCUT2D eigenvalue weighted by atomic mass is 32.2. The van der Waals surface area contributed by atoms with Gasteiger partial charge in [-0.1, -0.05) is 37.2 Å². The van der Waals surface area contributed by atoms with Crippen molar-refractivity contribution in [2.45, 2.75) is 203 Å². The molecule has 1 saturated heterocycles. The van der Waals surface area contributed by atoms with Crippen molar-refractivity contribution < 1.29 is 97.0 Å². The van der Waals surface area contributed by atoms with Crippen molar-refractivity contribution in [2.75, 3.05) is 45.4 Å². The Kier molecular flexibility index (Phi) is 37.2. The van der Waals surface area contributed by atoms with E-state index in [1.807, 2.05) is 24.5 Å². The number of thioether (sulfide) groups is 2. The molecule has 11 atom stereocenters. The number of oxime groups is 1. The Morgan fingerprint density at radius 2 is 1.43 bits per heavy atom. The minimum absolute atomic E-state index is 0.0149. The van der Waals surface area contributed by atoms with E-state index < -0.39 is 163 Å². The fourth-order valence-corrected chi connectivity index (χ4v) is 12.1. The molecule has 35 heteroatoms. The lowest BCUT2D eigenvalue weighted by molar-refractivity contribution is -0.255. The number of amides is 11. The third-order valence-electron chi connectivity index (χ3n) is 16.0. The van der Waals surface area contributed by atoms with Crippen LogP contribution in [0.3, 0.4) is 0 Å². The number of carbonyl (C=O) groups excluding carboxylic acids is 12. The number of hydrogen-bond acceptors (Lipinski definition) is 23. The third-order valence-corrected chi connectivity index (χ3v) is 17.7. The molecular formula is C66H99N13O20S2. The van der Waals surface area contributed by atoms with Crippen molar-refractivity contribution in [1.29, 1.82) is 0 Å². The number of aliphatic hydroxyl groups excluding tert-OH is 1. The zero-order chi connectivity index (χ0) is 74.7. The van der Waals surface area contributed by atoms with Crippen LogP contribution in [0.1, 0.15) is 135 Å². The summed E-state index contributed by atoms with van der Waals surface area (Å²) >= 11 is 2.94. The average Bonchev–Trinajstić information content (AvgIpc) is 1.74. The molecule has 2 aromatic rings. The molecule has 0 aliphatic carbocycles. The molecule has 33 nitrogen and oxygen atoms in total. The minimum Gasteiger partial charge on any atom is -0.508 e. The molecule has 0 spiro atoms. The Bertz CT molecular complexity index is 3170. The average molecular weight is 1460 g/mol. The maximum absolute atomic E-state index is 14.6. The van der Waals surface area contributed by atoms with Crippen LogP contribution in [0.5, 0.6) is 11.5 Å². The van der Waals surface area contributed by atoms with Crippen LogP contribution >= 0.6 is 23.5 Å². The van der Waals surface area contributed by atoms with Crippen molar-refractivity contribution >= 4 is 107 Å². The van der Waals surface area contributed by atoms with Crippen LogP contribution in [0.25, 0.3) is 0 Å². The Hall–Kier alpha value is -8.80. The molecule has 0 radical (unpaired) electrons. The fourth-order valence-electron chi connectivity index (χ4n) is 10.6. The molecule has 11 amide bonds. The number of aliphatic hydroxyl groups is 1. The van der Waals surface area contributed by atoms with Crippen LogP contribution in [0, 0.1) is 5.92 Å². The van der Waals surface area contributed by atoms with Crippen LogP contribution in [0.4, 0.5) is 0 Å². The van der Waals surface area contributed by atoms with Crippen LogP contribution in [-0.2, 0) is 94.9 Å². The topological polar surface area (TPSA) is 495 Å². The summed E-state index contributed by atoms with van der Waals surface area (Å²) in [6.45, 7) is 8.06. The Morgan fingerprint density at radius 1 is 0.762 bits per heavy atom. The summed E-state index contributed by atoms with van der Waals surface area (Å²) in [4.78, 5) is 193. The fraction of sp³-hybridized carbons (Fsp3) is 0.606. The van der Waals surface area contributed by atoms with Gasteiger partial charge in [-0.15, -0.1) is 0 Å². The number of likely N-dealkylation sites (tertiary alicyclic amines) is 1. The number of unbranched alkanes of at least 4 members (excludes halogenated alkanes) is 1. The predicted molar refractivity (Wildman–Crippen MR) is 371 cm³/mol. The second kappa shape index (κ2) is 44.5. The summed E-state index contributed by atoms with van der Waals surface area (Å²) in [5, 5.41) is 57.0. The quantitative estimate of drug-likeness (QED) is 0.0243. The summed E-state index contributed by atoms with van der Waals surface area (Å²) in [5.74, 6) is -11.6. The molecule has 0 unspecified atom stereocenters. The first-order valence-electron chi connectivity index (χ1n) is 33.5. The van der Waals surface area contributed by atoms with Crippen LogP contribution in [-0.4, -0.2) is 215 Å². The lowest BCUT2D eigenvalue weighted by Gasteiger charge is -2.32. The first kappa shape index (κ1) is 84.6. The number of nitrogens with two attached hydrogens (primary N) is 2. The number of aromatic hydroxyl groups is 1. The minimum atomic E-state index is -1.92. The number of rotatable bonds is 33. The van der Waals surface area contributed by atoms with Gasteiger partial charge in [0.2, 0.25) is 59.1 Å². The van der Waals surface area contributed by atoms with E-state index in [1.165, 1.54) is 49.9 Å². The number of aliphatic carboxylic acids is 1. The van der Waals surface area contributed by atoms with E-state index in [9.17, 15) is 77.6 Å². The van der Waals surface area contributed by atoms with Gasteiger partial charge in [0.15, 0.2) is 0 Å². The molecule has 560 valence electrons. The van der Waals surface area contributed by atoms with Crippen molar-refractivity contribution in [1.82, 2.24) is 52.8 Å². The van der Waals surface area contributed by atoms with Gasteiger partial charge in [0.25, 0.3) is 5.91 Å². The number of hydrogen-bond donors (Lipinski definition) is 14. The third kappa shape index (κ3) is 30.5. The van der Waals surface area contributed by atoms with Gasteiger partial charge in [0, 0.05) is 36.6 Å². The highest BCUT2D eigenvalue weighted by molar-refractivity contribution is 7.98. The van der Waals surface area contributed by atoms with E-state index in [0.29, 0.717) is 55.2 Å². The monoisotopic (exact) mass is 1460 g/mol. The molecule has 101 heavy (non-hydrogen) atoms. The number of fused-ring (bicyclic) bond motifs is 2. The number of phenols is 1. The number of phenolic OH excluding ortho intramolecular Hbond substituents is 1. The van der Waals surface area contributed by atoms with E-state index in [4.69, 9.17) is 21.0 Å². The van der Waals surface area contributed by atoms with E-state index in [1.54, 1.807) is 25.6 Å². The molecule has 0 saturated carbocycles. The summed E-state index contributed by atoms with van der Waals surface area (Å²) in [6, 6.07) is -3.47. The van der Waals surface area contributed by atoms with Crippen LogP contribution < -0.4 is 64.1 Å². The number of carbonyl (C=O) groups is 13. The van der Waals surface area contributed by atoms with E-state index >= 15 is 0 Å². The van der Waals surface area contributed by atoms with E-state index in [2.05, 4.69) is 62.8 Å². The van der Waals surface area contributed by atoms with Gasteiger partial charge >= 0.3 is 11.9 Å². The summed E-state index contributed by atoms with van der Waals surface area (Å²) in [5.41, 5.74) is 13.4. The number of carboxylic acids is 1. The number of benzene rings is 2. The molecule has 2 heterocycles. The van der Waals surface area contributed by atoms with Gasteiger partial charge in [0.05, 0.1) is 26.2 Å². The smallest absolute Gasteiger partial charge is 0.344 e. The standard InChI is InChI=1S/C66H99N13O20S2/c1-37(2)27-48(74-58(87)39(4)71-64(93)51-36-101-35-43-28-42(34-100-7)29-45(30-43)97-25-12-8-9-13-26-98-69-33-53(82)72-46(60(89)77-51)15-10-11-23-67)61(90)75-50(32-55(85)99-96-6)63(92)78-56(40(5)80)66(95)79-24-14-16-52(79)65(94)76-49(31-41-17-19-44(81)20-18-41)62(91)73-47(21-22-54(83)84)59(88)70-38(3)57(68)86/h17-20,28-30,33,37-40,46-52,56,80-81H,8-16,21-27,31-32,34-36,67H2,1-7H3,(H2,68,86)(H,70,88)(H,71,93)(H,72,82)(H,73,91)(H,74,87)(H,75,90)(H,76,94)(H,77,89)(H,78,92)(H,83,84)/b69-33+/t38-,39-,40+,46-,47-,48-,49-,50-,51-,52-,56-/m0/s1. The zero-order valence-electron chi connectivity index (χ0n) is 58.0. The largest absolute Gasteiger partial charge is 0.508 e. The molecule has 1 fully saturated rings. The lowest BCUT2D eigenvalue weighted by atomic mass is 10.0. The molecule has 2 aliphatic rings. The Balaban J connectivity index is 1.58. The maximum atomic E-state index is 14.6. The maximum Gasteiger partial charge on any atom is 0.344 e. The number of ether oxygens (including phenoxy) is 1. The molecule has 2 aliphatic heterocycles. The normalized spacial score (nSPS) is 19.0. The van der Waals surface area contributed by atoms with Gasteiger partial charge in [-0.2, -0.15) is 28.4 Å². The molecule has 2 aromatic carbocycles. The van der Waals surface area contributed by atoms with Crippen molar-refractivity contribution in [3.8, 4) is 11.5 Å². The summed E-state index contributed by atoms with van der Waals surface area (Å²) < 4.78 is 6.16. The molecular weight excluding hydrogens is 1360 g/mol. The van der Waals surface area contributed by atoms with Crippen LogP contribution in [0.2, 0.25) is 0 Å². The van der Waals surface area contributed by atoms with Crippen molar-refractivity contribution in [2.24, 2.45) is 22.5 Å². The van der Waals surface area contributed by atoms with Gasteiger partial charge < -0.3 is 89.1 Å². The number of nitrogens with zero attached hydrogens (tertiary/aromatic N) is 2. The van der Waals surface area contributed by atoms with E-state index in [-0.39, 0.29) is 62.7 Å². The predicted octanol–water partition coefficient (Wildman–Crippen LogP) is -0.519. The summed E-state index contributed by atoms with van der Waals surface area (Å²) in [7, 11) is 0.992. The van der Waals surface area contributed by atoms with Crippen molar-refractivity contribution in [3.63, 3.8) is 0 Å². The Morgan fingerprint density at radius 3 is 2.08 bits per heavy atom. The second-order valence-corrected chi connectivity index (χ2v) is 26.8. The Labute approximate surface area is 595 Å².